The third-order valence-electron chi connectivity index (χ3n) is 5.46. The van der Waals surface area contributed by atoms with Gasteiger partial charge in [0.05, 0.1) is 29.3 Å². The number of aryl methyl sites for hydroxylation is 2. The van der Waals surface area contributed by atoms with E-state index in [4.69, 9.17) is 4.74 Å². The molecule has 3 heterocycles. The summed E-state index contributed by atoms with van der Waals surface area (Å²) < 4.78 is 60.8. The molecule has 0 radical (unpaired) electrons. The van der Waals surface area contributed by atoms with Gasteiger partial charge in [-0.3, -0.25) is 9.72 Å². The highest BCUT2D eigenvalue weighted by atomic mass is 19.3. The minimum Gasteiger partial charge on any atom is -0.470 e. The number of aliphatic hydroxyl groups is 2. The lowest BCUT2D eigenvalue weighted by atomic mass is 10.0. The Balaban J connectivity index is 1.66. The van der Waals surface area contributed by atoms with Crippen LogP contribution in [0.4, 0.5) is 17.6 Å². The number of nitrogens with zero attached hydrogens (tertiary/aromatic N) is 7. The van der Waals surface area contributed by atoms with Crippen LogP contribution < -0.4 is 10.1 Å². The molecule has 36 heavy (non-hydrogen) atoms. The first kappa shape index (κ1) is 25.4. The molecule has 4 rings (SSSR count). The van der Waals surface area contributed by atoms with Gasteiger partial charge in [-0.05, 0) is 38.1 Å². The first-order valence-corrected chi connectivity index (χ1v) is 10.6. The molecule has 0 saturated heterocycles. The van der Waals surface area contributed by atoms with Gasteiger partial charge in [0.1, 0.15) is 30.0 Å². The highest BCUT2D eigenvalue weighted by molar-refractivity contribution is 5.53. The van der Waals surface area contributed by atoms with Gasteiger partial charge in [-0.25, -0.2) is 18.7 Å². The Labute approximate surface area is 201 Å². The van der Waals surface area contributed by atoms with Crippen molar-refractivity contribution in [2.45, 2.75) is 45.7 Å². The molecule has 15 heteroatoms. The Bertz CT molecular complexity index is 1370. The van der Waals surface area contributed by atoms with Crippen molar-refractivity contribution >= 4 is 5.65 Å². The van der Waals surface area contributed by atoms with Gasteiger partial charge in [0.25, 0.3) is 5.88 Å². The number of nitrogens with one attached hydrogen (secondary N) is 1. The van der Waals surface area contributed by atoms with E-state index >= 15 is 0 Å². The van der Waals surface area contributed by atoms with Gasteiger partial charge in [-0.1, -0.05) is 10.9 Å². The maximum atomic E-state index is 14.0. The van der Waals surface area contributed by atoms with Crippen molar-refractivity contribution in [3.63, 3.8) is 0 Å². The third kappa shape index (κ3) is 4.72. The molecule has 3 N–H and O–H groups in total. The predicted octanol–water partition coefficient (Wildman–Crippen LogP) is 2.07. The lowest BCUT2D eigenvalue weighted by Gasteiger charge is -2.28. The van der Waals surface area contributed by atoms with Crippen LogP contribution in [0.2, 0.25) is 0 Å². The van der Waals surface area contributed by atoms with Crippen molar-refractivity contribution in [2.75, 3.05) is 6.61 Å². The van der Waals surface area contributed by atoms with E-state index in [1.54, 1.807) is 20.0 Å². The number of aromatic nitrogens is 7. The van der Waals surface area contributed by atoms with E-state index in [-0.39, 0.29) is 33.4 Å². The number of tetrazole rings is 1. The summed E-state index contributed by atoms with van der Waals surface area (Å²) in [6, 6.07) is 3.45. The summed E-state index contributed by atoms with van der Waals surface area (Å²) in [7, 11) is 0. The Morgan fingerprint density at radius 2 is 1.86 bits per heavy atom. The first-order valence-electron chi connectivity index (χ1n) is 10.6. The summed E-state index contributed by atoms with van der Waals surface area (Å²) in [5, 5.41) is 34.0. The van der Waals surface area contributed by atoms with Gasteiger partial charge in [0, 0.05) is 6.20 Å². The molecule has 4 aromatic rings. The van der Waals surface area contributed by atoms with Gasteiger partial charge in [-0.2, -0.15) is 8.78 Å². The fourth-order valence-corrected chi connectivity index (χ4v) is 3.58. The second-order valence-electron chi connectivity index (χ2n) is 8.20. The van der Waals surface area contributed by atoms with E-state index in [2.05, 4.69) is 30.7 Å². The number of hydrogen-bond donors (Lipinski definition) is 3. The SMILES string of the molecule is Cc1cn2c(C(O)NC(C)(CO)c3nnn(C(F)F)n3)c(C)nc2c(OCc2c(F)cccc2F)n1. The molecule has 0 aliphatic heterocycles. The molecule has 0 aliphatic carbocycles. The summed E-state index contributed by atoms with van der Waals surface area (Å²) in [5.74, 6) is -1.87. The maximum Gasteiger partial charge on any atom is 0.350 e. The third-order valence-corrected chi connectivity index (χ3v) is 5.46. The number of alkyl halides is 2. The van der Waals surface area contributed by atoms with Crippen LogP contribution in [0.5, 0.6) is 5.88 Å². The summed E-state index contributed by atoms with van der Waals surface area (Å²) in [5.41, 5.74) is -0.728. The fraction of sp³-hybridized carbons (Fsp3) is 0.381. The molecule has 3 aromatic heterocycles. The van der Waals surface area contributed by atoms with Gasteiger partial charge >= 0.3 is 6.55 Å². The smallest absolute Gasteiger partial charge is 0.350 e. The highest BCUT2D eigenvalue weighted by Crippen LogP contribution is 2.28. The summed E-state index contributed by atoms with van der Waals surface area (Å²) in [6.07, 6.45) is 0.0441. The number of hydrogen-bond acceptors (Lipinski definition) is 9. The van der Waals surface area contributed by atoms with Crippen LogP contribution >= 0.6 is 0 Å². The zero-order chi connectivity index (χ0) is 26.2. The molecule has 1 aromatic carbocycles. The van der Waals surface area contributed by atoms with Crippen molar-refractivity contribution in [1.82, 2.24) is 39.9 Å². The van der Waals surface area contributed by atoms with E-state index in [0.29, 0.717) is 11.4 Å². The molecule has 192 valence electrons. The number of rotatable bonds is 9. The Morgan fingerprint density at radius 1 is 1.17 bits per heavy atom. The minimum absolute atomic E-state index is 0.0364. The summed E-state index contributed by atoms with van der Waals surface area (Å²) in [6.45, 7) is 0.459. The highest BCUT2D eigenvalue weighted by Gasteiger charge is 2.36. The molecule has 11 nitrogen and oxygen atoms in total. The van der Waals surface area contributed by atoms with E-state index in [1.807, 2.05) is 0 Å². The van der Waals surface area contributed by atoms with Crippen LogP contribution in [0.3, 0.4) is 0 Å². The van der Waals surface area contributed by atoms with Crippen LogP contribution in [-0.2, 0) is 12.1 Å². The van der Waals surface area contributed by atoms with Gasteiger partial charge in [0.15, 0.2) is 5.82 Å². The van der Waals surface area contributed by atoms with Crippen LogP contribution in [0.15, 0.2) is 24.4 Å². The average molecular weight is 510 g/mol. The van der Waals surface area contributed by atoms with Crippen molar-refractivity contribution in [3.8, 4) is 5.88 Å². The van der Waals surface area contributed by atoms with Crippen molar-refractivity contribution in [3.05, 3.63) is 64.5 Å². The summed E-state index contributed by atoms with van der Waals surface area (Å²) >= 11 is 0. The number of imidazole rings is 1. The van der Waals surface area contributed by atoms with Gasteiger partial charge in [-0.15, -0.1) is 10.2 Å². The topological polar surface area (TPSA) is 136 Å². The van der Waals surface area contributed by atoms with Gasteiger partial charge in [0.2, 0.25) is 5.65 Å². The lowest BCUT2D eigenvalue weighted by Crippen LogP contribution is -2.46. The predicted molar refractivity (Wildman–Crippen MR) is 115 cm³/mol. The van der Waals surface area contributed by atoms with Crippen molar-refractivity contribution in [1.29, 1.82) is 0 Å². The molecule has 2 unspecified atom stereocenters. The monoisotopic (exact) mass is 510 g/mol. The standard InChI is InChI=1S/C21H22F4N8O3/c1-10-7-32-15(17(35)28-21(3,9-34)19-29-31-33(30-19)20(24)25)11(2)27-16(32)18(26-10)36-8-12-13(22)5-4-6-14(12)23/h4-7,17,20,28,34-35H,8-9H2,1-3H3. The van der Waals surface area contributed by atoms with Crippen LogP contribution in [0, 0.1) is 25.5 Å². The number of fused-ring (bicyclic) bond motifs is 1. The number of benzene rings is 1. The maximum absolute atomic E-state index is 14.0. The minimum atomic E-state index is -3.04. The normalized spacial score (nSPS) is 14.4. The van der Waals surface area contributed by atoms with Crippen molar-refractivity contribution < 1.29 is 32.5 Å². The number of aliphatic hydroxyl groups excluding tert-OH is 2. The van der Waals surface area contributed by atoms with Crippen molar-refractivity contribution in [2.24, 2.45) is 0 Å². The molecule has 2 atom stereocenters. The van der Waals surface area contributed by atoms with E-state index in [1.165, 1.54) is 17.4 Å². The molecule has 0 spiro atoms. The zero-order valence-corrected chi connectivity index (χ0v) is 19.3. The van der Waals surface area contributed by atoms with Crippen LogP contribution in [-0.4, -0.2) is 51.4 Å². The van der Waals surface area contributed by atoms with E-state index in [0.717, 1.165) is 12.1 Å². The molecule has 0 amide bonds. The largest absolute Gasteiger partial charge is 0.470 e. The second-order valence-corrected chi connectivity index (χ2v) is 8.20. The fourth-order valence-electron chi connectivity index (χ4n) is 3.58. The van der Waals surface area contributed by atoms with Gasteiger partial charge < -0.3 is 14.9 Å². The number of ether oxygens (including phenoxy) is 1. The molecule has 0 bridgehead atoms. The zero-order valence-electron chi connectivity index (χ0n) is 19.3. The van der Waals surface area contributed by atoms with E-state index in [9.17, 15) is 27.8 Å². The first-order chi connectivity index (χ1) is 17.0. The Morgan fingerprint density at radius 3 is 2.47 bits per heavy atom. The van der Waals surface area contributed by atoms with E-state index < -0.39 is 43.2 Å². The summed E-state index contributed by atoms with van der Waals surface area (Å²) in [4.78, 5) is 8.70. The molecular formula is C21H22F4N8O3. The lowest BCUT2D eigenvalue weighted by molar-refractivity contribution is 0.0364. The Hall–Kier alpha value is -3.69. The van der Waals surface area contributed by atoms with Crippen LogP contribution in [0.25, 0.3) is 5.65 Å². The molecular weight excluding hydrogens is 488 g/mol. The molecule has 0 aliphatic rings. The quantitative estimate of drug-likeness (QED) is 0.228. The molecule has 0 saturated carbocycles. The average Bonchev–Trinajstić information content (AvgIpc) is 3.44. The number of halogens is 4. The second kappa shape index (κ2) is 9.75. The van der Waals surface area contributed by atoms with Crippen LogP contribution in [0.1, 0.15) is 48.2 Å². The molecule has 0 fully saturated rings. The Kier molecular flexibility index (Phi) is 6.88.